The van der Waals surface area contributed by atoms with Crippen molar-refractivity contribution in [1.82, 2.24) is 0 Å². The van der Waals surface area contributed by atoms with Gasteiger partial charge in [0.15, 0.2) is 6.29 Å². The number of benzene rings is 1. The second-order valence-electron chi connectivity index (χ2n) is 15.8. The molecule has 0 aromatic heterocycles. The SMILES string of the molecule is CCOCO[C@@H]1[C@H](O[C@H]2CC[C@@]3(C)[C@H](CC[C@@H]4[C@@H]3CC[C@]3(C)C(c5ccc(F)cc5)=CC[C@]43OCOCC)C2)O[C@@H](C)[C@H](OCOCC)[C@H]1OC. The topological polar surface area (TPSA) is 83.1 Å². The lowest BCUT2D eigenvalue weighted by molar-refractivity contribution is -0.339. The first-order valence-electron chi connectivity index (χ1n) is 19.6. The van der Waals surface area contributed by atoms with Gasteiger partial charge in [0.2, 0.25) is 0 Å². The second kappa shape index (κ2) is 16.9. The van der Waals surface area contributed by atoms with Crippen LogP contribution < -0.4 is 0 Å². The molecule has 0 N–H and O–H groups in total. The molecule has 12 atom stereocenters. The highest BCUT2D eigenvalue weighted by molar-refractivity contribution is 5.74. The molecule has 4 fully saturated rings. The van der Waals surface area contributed by atoms with Crippen LogP contribution in [0, 0.1) is 34.4 Å². The molecule has 0 amide bonds. The van der Waals surface area contributed by atoms with Gasteiger partial charge in [0, 0.05) is 32.3 Å². The van der Waals surface area contributed by atoms with Crippen LogP contribution in [0.1, 0.15) is 98.5 Å². The molecule has 5 aliphatic rings. The number of fused-ring (bicyclic) bond motifs is 5. The van der Waals surface area contributed by atoms with Gasteiger partial charge in [0.05, 0.1) is 17.8 Å². The zero-order chi connectivity index (χ0) is 36.2. The maximum atomic E-state index is 14.0. The molecule has 4 aliphatic carbocycles. The van der Waals surface area contributed by atoms with Gasteiger partial charge in [-0.3, -0.25) is 0 Å². The first kappa shape index (κ1) is 39.2. The van der Waals surface area contributed by atoms with E-state index in [4.69, 9.17) is 42.6 Å². The molecule has 0 bridgehead atoms. The minimum atomic E-state index is -0.608. The molecule has 1 saturated heterocycles. The minimum Gasteiger partial charge on any atom is -0.376 e. The molecule has 51 heavy (non-hydrogen) atoms. The summed E-state index contributed by atoms with van der Waals surface area (Å²) in [6, 6.07) is 7.02. The van der Waals surface area contributed by atoms with Gasteiger partial charge in [-0.1, -0.05) is 32.1 Å². The van der Waals surface area contributed by atoms with Gasteiger partial charge in [-0.15, -0.1) is 0 Å². The molecule has 1 aliphatic heterocycles. The molecule has 0 radical (unpaired) electrons. The predicted octanol–water partition coefficient (Wildman–Crippen LogP) is 7.90. The van der Waals surface area contributed by atoms with Crippen LogP contribution in [0.3, 0.4) is 0 Å². The Morgan fingerprint density at radius 3 is 2.18 bits per heavy atom. The second-order valence-corrected chi connectivity index (χ2v) is 15.8. The highest BCUT2D eigenvalue weighted by atomic mass is 19.1. The van der Waals surface area contributed by atoms with Gasteiger partial charge in [-0.2, -0.15) is 0 Å². The van der Waals surface area contributed by atoms with Crippen LogP contribution in [0.25, 0.3) is 5.57 Å². The van der Waals surface area contributed by atoms with Crippen molar-refractivity contribution in [3.05, 3.63) is 41.7 Å². The van der Waals surface area contributed by atoms with Crippen LogP contribution in [0.5, 0.6) is 0 Å². The van der Waals surface area contributed by atoms with Crippen molar-refractivity contribution in [2.45, 2.75) is 135 Å². The zero-order valence-corrected chi connectivity index (χ0v) is 32.0. The number of hydrogen-bond acceptors (Lipinski definition) is 9. The van der Waals surface area contributed by atoms with E-state index < -0.39 is 18.5 Å². The van der Waals surface area contributed by atoms with Gasteiger partial charge in [0.1, 0.15) is 44.5 Å². The standard InChI is InChI=1S/C41H63FO9/c1-8-44-24-47-35-27(4)50-38(37(36(35)43-7)48-25-45-9-2)51-31-17-20-39(5)29(23-31)13-16-34-33(39)18-21-40(6)32(28-11-14-30(42)15-12-28)19-22-41(34,40)49-26-46-10-3/h11-12,14-15,19,27,29,31,33-38H,8-10,13,16-18,20-26H2,1-7H3/t27-,29+,31-,33-,34+,35-,36+,37-,38-,39-,40+,41-/m0/s1. The maximum Gasteiger partial charge on any atom is 0.187 e. The Morgan fingerprint density at radius 2 is 1.49 bits per heavy atom. The summed E-state index contributed by atoms with van der Waals surface area (Å²) in [5, 5.41) is 0. The lowest BCUT2D eigenvalue weighted by Gasteiger charge is -2.64. The lowest BCUT2D eigenvalue weighted by atomic mass is 9.43. The fraction of sp³-hybridized carbons (Fsp3) is 0.805. The van der Waals surface area contributed by atoms with Crippen LogP contribution in [0.4, 0.5) is 4.39 Å². The van der Waals surface area contributed by atoms with Gasteiger partial charge in [-0.25, -0.2) is 4.39 Å². The van der Waals surface area contributed by atoms with Crippen molar-refractivity contribution in [3.8, 4) is 0 Å². The Balaban J connectivity index is 1.18. The molecule has 1 aromatic rings. The molecule has 0 spiro atoms. The number of rotatable bonds is 16. The summed E-state index contributed by atoms with van der Waals surface area (Å²) in [6.07, 6.45) is 8.52. The fourth-order valence-electron chi connectivity index (χ4n) is 10.8. The third-order valence-electron chi connectivity index (χ3n) is 13.5. The Labute approximate surface area is 305 Å². The number of methoxy groups -OCH3 is 1. The Morgan fingerprint density at radius 1 is 0.804 bits per heavy atom. The molecule has 3 saturated carbocycles. The molecule has 9 nitrogen and oxygen atoms in total. The smallest absolute Gasteiger partial charge is 0.187 e. The summed E-state index contributed by atoms with van der Waals surface area (Å²) in [6.45, 7) is 15.1. The van der Waals surface area contributed by atoms with E-state index in [0.29, 0.717) is 44.4 Å². The number of hydrogen-bond donors (Lipinski definition) is 0. The third kappa shape index (κ3) is 7.48. The van der Waals surface area contributed by atoms with Crippen molar-refractivity contribution in [2.24, 2.45) is 28.6 Å². The van der Waals surface area contributed by atoms with E-state index in [2.05, 4.69) is 19.9 Å². The van der Waals surface area contributed by atoms with E-state index in [0.717, 1.165) is 56.9 Å². The van der Waals surface area contributed by atoms with E-state index in [1.54, 1.807) is 19.2 Å². The molecule has 0 unspecified atom stereocenters. The Bertz CT molecular complexity index is 1290. The van der Waals surface area contributed by atoms with Crippen molar-refractivity contribution < 1.29 is 47.0 Å². The first-order chi connectivity index (χ1) is 24.7. The summed E-state index contributed by atoms with van der Waals surface area (Å²) in [5.41, 5.74) is 2.03. The third-order valence-corrected chi connectivity index (χ3v) is 13.5. The summed E-state index contributed by atoms with van der Waals surface area (Å²) < 4.78 is 69.6. The van der Waals surface area contributed by atoms with Crippen LogP contribution in [-0.4, -0.2) is 89.7 Å². The van der Waals surface area contributed by atoms with Crippen molar-refractivity contribution in [1.29, 1.82) is 0 Å². The summed E-state index contributed by atoms with van der Waals surface area (Å²) in [5.74, 6) is 1.26. The van der Waals surface area contributed by atoms with E-state index in [9.17, 15) is 4.39 Å². The zero-order valence-electron chi connectivity index (χ0n) is 32.0. The van der Waals surface area contributed by atoms with Crippen molar-refractivity contribution in [3.63, 3.8) is 0 Å². The average molecular weight is 719 g/mol. The molecule has 1 aromatic carbocycles. The normalized spacial score (nSPS) is 40.7. The molecule has 1 heterocycles. The minimum absolute atomic E-state index is 0.0451. The quantitative estimate of drug-likeness (QED) is 0.0963. The molecule has 6 rings (SSSR count). The predicted molar refractivity (Wildman–Crippen MR) is 191 cm³/mol. The van der Waals surface area contributed by atoms with Gasteiger partial charge >= 0.3 is 0 Å². The van der Waals surface area contributed by atoms with Gasteiger partial charge in [0.25, 0.3) is 0 Å². The Kier molecular flexibility index (Phi) is 13.0. The van der Waals surface area contributed by atoms with E-state index in [-0.39, 0.29) is 54.1 Å². The van der Waals surface area contributed by atoms with Crippen molar-refractivity contribution >= 4 is 5.57 Å². The van der Waals surface area contributed by atoms with Crippen LogP contribution >= 0.6 is 0 Å². The first-order valence-corrected chi connectivity index (χ1v) is 19.6. The average Bonchev–Trinajstić information content (AvgIpc) is 3.43. The summed E-state index contributed by atoms with van der Waals surface area (Å²) in [4.78, 5) is 0. The van der Waals surface area contributed by atoms with Crippen molar-refractivity contribution in [2.75, 3.05) is 47.3 Å². The van der Waals surface area contributed by atoms with Crippen LogP contribution in [0.2, 0.25) is 0 Å². The monoisotopic (exact) mass is 718 g/mol. The highest BCUT2D eigenvalue weighted by Gasteiger charge is 2.67. The largest absolute Gasteiger partial charge is 0.376 e. The lowest BCUT2D eigenvalue weighted by Crippen LogP contribution is -2.63. The molecule has 10 heteroatoms. The van der Waals surface area contributed by atoms with Gasteiger partial charge in [-0.05, 0) is 125 Å². The summed E-state index contributed by atoms with van der Waals surface area (Å²) in [7, 11) is 1.68. The number of halogens is 1. The van der Waals surface area contributed by atoms with E-state index in [1.807, 2.05) is 39.8 Å². The van der Waals surface area contributed by atoms with Crippen LogP contribution in [-0.2, 0) is 42.6 Å². The fourth-order valence-corrected chi connectivity index (χ4v) is 10.8. The molecular weight excluding hydrogens is 655 g/mol. The van der Waals surface area contributed by atoms with E-state index in [1.165, 1.54) is 5.57 Å². The number of ether oxygens (including phenoxy) is 9. The molecular formula is C41H63FO9. The molecule has 288 valence electrons. The van der Waals surface area contributed by atoms with E-state index >= 15 is 0 Å². The Hall–Kier alpha value is -1.47. The van der Waals surface area contributed by atoms with Crippen LogP contribution in [0.15, 0.2) is 30.3 Å². The maximum absolute atomic E-state index is 14.0. The summed E-state index contributed by atoms with van der Waals surface area (Å²) >= 11 is 0. The van der Waals surface area contributed by atoms with Gasteiger partial charge < -0.3 is 42.6 Å². The highest BCUT2D eigenvalue weighted by Crippen LogP contribution is 2.70.